The van der Waals surface area contributed by atoms with E-state index in [1.54, 1.807) is 36.7 Å². The van der Waals surface area contributed by atoms with E-state index in [2.05, 4.69) is 19.8 Å². The van der Waals surface area contributed by atoms with Gasteiger partial charge in [-0.3, -0.25) is 9.98 Å². The minimum absolute atomic E-state index is 0. The van der Waals surface area contributed by atoms with E-state index in [-0.39, 0.29) is 22.2 Å². The molecule has 0 amide bonds. The fraction of sp³-hybridized carbons (Fsp3) is 0.417. The smallest absolute Gasteiger partial charge is 0.872 e. The van der Waals surface area contributed by atoms with Gasteiger partial charge >= 0.3 is 16.5 Å². The maximum absolute atomic E-state index is 11.3. The Bertz CT molecular complexity index is 766. The van der Waals surface area contributed by atoms with Crippen LogP contribution in [0.15, 0.2) is 58.5 Å². The molecular formula is C24H31N4NiO2+. The Hall–Kier alpha value is -2.21. The molecule has 0 bridgehead atoms. The predicted octanol–water partition coefficient (Wildman–Crippen LogP) is 2.40. The molecule has 1 N–H and O–H groups in total. The Morgan fingerprint density at radius 2 is 1.26 bits per heavy atom. The van der Waals surface area contributed by atoms with Gasteiger partial charge in [-0.25, -0.2) is 0 Å². The first-order valence-corrected chi connectivity index (χ1v) is 10.7. The van der Waals surface area contributed by atoms with Crippen molar-refractivity contribution in [1.82, 2.24) is 9.80 Å². The molecule has 2 aliphatic heterocycles. The molecule has 4 rings (SSSR count). The zero-order chi connectivity index (χ0) is 21.0. The zero-order valence-corrected chi connectivity index (χ0v) is 18.8. The van der Waals surface area contributed by atoms with Crippen LogP contribution in [-0.2, 0) is 16.5 Å². The summed E-state index contributed by atoms with van der Waals surface area (Å²) in [4.78, 5) is 13.3. The Balaban J connectivity index is 0.000000213. The van der Waals surface area contributed by atoms with E-state index in [1.807, 2.05) is 24.3 Å². The number of nitrogens with zero attached hydrogens (tertiary/aromatic N) is 4. The third-order valence-electron chi connectivity index (χ3n) is 4.92. The fourth-order valence-electron chi connectivity index (χ4n) is 2.87. The number of hydrogen-bond acceptors (Lipinski definition) is 6. The van der Waals surface area contributed by atoms with Crippen LogP contribution in [0.3, 0.4) is 0 Å². The van der Waals surface area contributed by atoms with Gasteiger partial charge in [0, 0.05) is 57.3 Å². The van der Waals surface area contributed by atoms with Gasteiger partial charge in [-0.2, -0.15) is 0 Å². The number of benzene rings is 2. The van der Waals surface area contributed by atoms with Crippen LogP contribution in [0.2, 0.25) is 0 Å². The van der Waals surface area contributed by atoms with Gasteiger partial charge in [0.15, 0.2) is 0 Å². The van der Waals surface area contributed by atoms with Crippen LogP contribution in [-0.4, -0.2) is 79.7 Å². The average Bonchev–Trinajstić information content (AvgIpc) is 3.66. The van der Waals surface area contributed by atoms with Gasteiger partial charge in [-0.1, -0.05) is 36.4 Å². The van der Waals surface area contributed by atoms with Gasteiger partial charge in [-0.05, 0) is 43.6 Å². The first-order valence-electron chi connectivity index (χ1n) is 10.7. The molecule has 31 heavy (non-hydrogen) atoms. The molecular weight excluding hydrogens is 435 g/mol. The molecule has 0 atom stereocenters. The maximum atomic E-state index is 11.3. The van der Waals surface area contributed by atoms with Crippen molar-refractivity contribution in [1.29, 1.82) is 0 Å². The van der Waals surface area contributed by atoms with E-state index in [9.17, 15) is 10.2 Å². The summed E-state index contributed by atoms with van der Waals surface area (Å²) >= 11 is 0. The molecule has 2 aromatic carbocycles. The fourth-order valence-corrected chi connectivity index (χ4v) is 2.87. The van der Waals surface area contributed by atoms with Crippen molar-refractivity contribution >= 4 is 12.4 Å². The molecule has 2 aliphatic rings. The summed E-state index contributed by atoms with van der Waals surface area (Å²) in [5.41, 5.74) is 1.48. The molecule has 0 saturated carbocycles. The molecule has 2 aromatic rings. The van der Waals surface area contributed by atoms with Crippen LogP contribution >= 0.6 is 0 Å². The van der Waals surface area contributed by atoms with Gasteiger partial charge in [0.25, 0.3) is 0 Å². The normalized spacial score (nSPS) is 15.5. The molecule has 0 spiro atoms. The van der Waals surface area contributed by atoms with Crippen molar-refractivity contribution in [3.63, 3.8) is 0 Å². The molecule has 2 fully saturated rings. The van der Waals surface area contributed by atoms with Gasteiger partial charge in [0.05, 0.1) is 0 Å². The molecule has 6 nitrogen and oxygen atoms in total. The van der Waals surface area contributed by atoms with Crippen LogP contribution in [0, 0.1) is 0 Å². The predicted molar refractivity (Wildman–Crippen MR) is 121 cm³/mol. The maximum Gasteiger partial charge on any atom is 2.00 e. The Kier molecular flexibility index (Phi) is 11.3. The molecule has 0 aliphatic carbocycles. The van der Waals surface area contributed by atoms with Crippen molar-refractivity contribution < 1.29 is 26.7 Å². The van der Waals surface area contributed by atoms with Gasteiger partial charge < -0.3 is 20.0 Å². The van der Waals surface area contributed by atoms with E-state index in [4.69, 9.17) is 0 Å². The zero-order valence-electron chi connectivity index (χ0n) is 17.8. The monoisotopic (exact) mass is 465 g/mol. The number of rotatable bonds is 10. The van der Waals surface area contributed by atoms with Crippen LogP contribution in [0.5, 0.6) is 11.5 Å². The van der Waals surface area contributed by atoms with Crippen LogP contribution < -0.4 is 5.11 Å². The van der Waals surface area contributed by atoms with Crippen LogP contribution in [0.1, 0.15) is 24.0 Å². The van der Waals surface area contributed by atoms with Crippen molar-refractivity contribution in [3.05, 3.63) is 59.7 Å². The number of aliphatic imine (C=N–C) groups is 2. The molecule has 2 saturated heterocycles. The van der Waals surface area contributed by atoms with Gasteiger partial charge in [-0.15, -0.1) is 5.75 Å². The largest absolute Gasteiger partial charge is 2.00 e. The minimum atomic E-state index is 0. The number of phenols is 1. The summed E-state index contributed by atoms with van der Waals surface area (Å²) in [6.45, 7) is 8.93. The Labute approximate surface area is 195 Å². The topological polar surface area (TPSA) is 74.0 Å². The second-order valence-corrected chi connectivity index (χ2v) is 7.56. The van der Waals surface area contributed by atoms with E-state index in [0.29, 0.717) is 11.3 Å². The molecule has 0 radical (unpaired) electrons. The van der Waals surface area contributed by atoms with Gasteiger partial charge in [0.1, 0.15) is 5.75 Å². The molecule has 7 heteroatoms. The standard InChI is InChI=1S/2C12H16N2O.Ni/c2*15-12-5-2-1-4-11(12)10-13-6-3-7-14-8-9-14;/h2*1-2,4-5,10,15H,3,6-9H2;/q;;+2/p-1. The number of hydrogen-bond donors (Lipinski definition) is 1. The summed E-state index contributed by atoms with van der Waals surface area (Å²) in [6.07, 6.45) is 5.61. The Morgan fingerprint density at radius 3 is 1.77 bits per heavy atom. The van der Waals surface area contributed by atoms with E-state index >= 15 is 0 Å². The second kappa shape index (κ2) is 14.0. The Morgan fingerprint density at radius 1 is 0.774 bits per heavy atom. The minimum Gasteiger partial charge on any atom is -0.872 e. The molecule has 2 heterocycles. The SMILES string of the molecule is Oc1ccccc1C=NCCCN1CC1.[Ni+2].[O-]c1ccccc1C=NCCCN1CC1. The van der Waals surface area contributed by atoms with Gasteiger partial charge in [0.2, 0.25) is 0 Å². The molecule has 168 valence electrons. The quantitative estimate of drug-likeness (QED) is 0.253. The third-order valence-corrected chi connectivity index (χ3v) is 4.92. The van der Waals surface area contributed by atoms with Crippen molar-refractivity contribution in [2.45, 2.75) is 12.8 Å². The van der Waals surface area contributed by atoms with E-state index in [1.165, 1.54) is 26.2 Å². The summed E-state index contributed by atoms with van der Waals surface area (Å²) in [5, 5.41) is 20.8. The first-order chi connectivity index (χ1) is 14.7. The summed E-state index contributed by atoms with van der Waals surface area (Å²) in [6, 6.07) is 14.2. The van der Waals surface area contributed by atoms with Crippen molar-refractivity contribution in [3.8, 4) is 11.5 Å². The van der Waals surface area contributed by atoms with E-state index < -0.39 is 0 Å². The molecule has 0 unspecified atom stereocenters. The third kappa shape index (κ3) is 10.6. The first kappa shape index (κ1) is 25.1. The van der Waals surface area contributed by atoms with Crippen molar-refractivity contribution in [2.24, 2.45) is 9.98 Å². The van der Waals surface area contributed by atoms with Crippen LogP contribution in [0.25, 0.3) is 0 Å². The van der Waals surface area contributed by atoms with Crippen LogP contribution in [0.4, 0.5) is 0 Å². The average molecular weight is 466 g/mol. The van der Waals surface area contributed by atoms with E-state index in [0.717, 1.165) is 44.6 Å². The number of aromatic hydroxyl groups is 1. The summed E-state index contributed by atoms with van der Waals surface area (Å²) in [5.74, 6) is 0.347. The number of phenolic OH excluding ortho intramolecular Hbond substituents is 1. The summed E-state index contributed by atoms with van der Waals surface area (Å²) < 4.78 is 0. The number of para-hydroxylation sites is 2. The van der Waals surface area contributed by atoms with Crippen molar-refractivity contribution in [2.75, 3.05) is 52.4 Å². The second-order valence-electron chi connectivity index (χ2n) is 7.56. The molecule has 0 aromatic heterocycles. The summed E-state index contributed by atoms with van der Waals surface area (Å²) in [7, 11) is 0.